The van der Waals surface area contributed by atoms with Crippen LogP contribution < -0.4 is 5.73 Å². The van der Waals surface area contributed by atoms with Crippen LogP contribution in [0.15, 0.2) is 30.3 Å². The molecule has 0 saturated heterocycles. The minimum Gasteiger partial charge on any atom is -0.318 e. The zero-order chi connectivity index (χ0) is 14.7. The molecule has 0 radical (unpaired) electrons. The molecule has 4 fully saturated rings. The van der Waals surface area contributed by atoms with Gasteiger partial charge in [0.15, 0.2) is 5.82 Å². The van der Waals surface area contributed by atoms with Gasteiger partial charge in [0.25, 0.3) is 0 Å². The first-order valence-corrected chi connectivity index (χ1v) is 8.38. The number of para-hydroxylation sites is 1. The third-order valence-corrected chi connectivity index (χ3v) is 6.35. The molecule has 1 aromatic heterocycles. The Morgan fingerprint density at radius 1 is 0.955 bits per heavy atom. The van der Waals surface area contributed by atoms with Gasteiger partial charge in [0, 0.05) is 0 Å². The number of rotatable bonds is 2. The maximum atomic E-state index is 7.03. The molecule has 4 bridgehead atoms. The quantitative estimate of drug-likeness (QED) is 0.922. The Labute approximate surface area is 129 Å². The highest BCUT2D eigenvalue weighted by molar-refractivity contribution is 5.33. The van der Waals surface area contributed by atoms with E-state index in [4.69, 9.17) is 5.73 Å². The molecule has 4 aliphatic rings. The summed E-state index contributed by atoms with van der Waals surface area (Å²) in [7, 11) is 0. The monoisotopic (exact) mass is 295 g/mol. The summed E-state index contributed by atoms with van der Waals surface area (Å²) in [5.74, 6) is 3.72. The van der Waals surface area contributed by atoms with Gasteiger partial charge >= 0.3 is 0 Å². The predicted molar refractivity (Wildman–Crippen MR) is 82.1 cm³/mol. The van der Waals surface area contributed by atoms with Gasteiger partial charge in [-0.25, -0.2) is 0 Å². The Hall–Kier alpha value is -1.75. The molecule has 6 rings (SSSR count). The minimum absolute atomic E-state index is 0.354. The molecule has 0 atom stereocenters. The Morgan fingerprint density at radius 3 is 2.23 bits per heavy atom. The summed E-state index contributed by atoms with van der Waals surface area (Å²) in [6.07, 6.45) is 6.44. The average molecular weight is 295 g/mol. The minimum atomic E-state index is -0.354. The summed E-state index contributed by atoms with van der Waals surface area (Å²) in [5.41, 5.74) is 7.68. The van der Waals surface area contributed by atoms with Crippen molar-refractivity contribution in [3.8, 4) is 5.69 Å². The summed E-state index contributed by atoms with van der Waals surface area (Å²) in [4.78, 5) is 0. The molecular weight excluding hydrogens is 274 g/mol. The van der Waals surface area contributed by atoms with Crippen LogP contribution in [0.5, 0.6) is 0 Å². The summed E-state index contributed by atoms with van der Waals surface area (Å²) in [6.45, 7) is 0. The third kappa shape index (κ3) is 1.60. The molecule has 0 amide bonds. The molecule has 0 unspecified atom stereocenters. The third-order valence-electron chi connectivity index (χ3n) is 6.35. The Morgan fingerprint density at radius 2 is 1.59 bits per heavy atom. The topological polar surface area (TPSA) is 69.6 Å². The molecule has 0 spiro atoms. The van der Waals surface area contributed by atoms with Crippen LogP contribution in [0.2, 0.25) is 0 Å². The first-order valence-electron chi connectivity index (χ1n) is 8.38. The number of aromatic nitrogens is 4. The lowest BCUT2D eigenvalue weighted by Crippen LogP contribution is -2.61. The molecule has 4 saturated carbocycles. The van der Waals surface area contributed by atoms with Crippen LogP contribution in [-0.2, 0) is 5.54 Å². The summed E-state index contributed by atoms with van der Waals surface area (Å²) < 4.78 is 1.86. The predicted octanol–water partition coefficient (Wildman–Crippen LogP) is 2.27. The first kappa shape index (κ1) is 12.8. The van der Waals surface area contributed by atoms with Gasteiger partial charge in [-0.15, -0.1) is 5.10 Å². The number of nitrogens with two attached hydrogens (primary N) is 1. The van der Waals surface area contributed by atoms with Crippen LogP contribution in [-0.4, -0.2) is 20.2 Å². The van der Waals surface area contributed by atoms with Gasteiger partial charge in [-0.05, 0) is 78.3 Å². The number of nitrogens with zero attached hydrogens (tertiary/aromatic N) is 4. The van der Waals surface area contributed by atoms with E-state index in [9.17, 15) is 0 Å². The van der Waals surface area contributed by atoms with Crippen molar-refractivity contribution in [3.05, 3.63) is 36.2 Å². The number of tetrazole rings is 1. The van der Waals surface area contributed by atoms with Crippen LogP contribution in [0.3, 0.4) is 0 Å². The number of benzene rings is 1. The molecule has 2 N–H and O–H groups in total. The van der Waals surface area contributed by atoms with Gasteiger partial charge < -0.3 is 5.73 Å². The summed E-state index contributed by atoms with van der Waals surface area (Å²) in [5, 5.41) is 12.6. The van der Waals surface area contributed by atoms with Crippen LogP contribution in [0.1, 0.15) is 37.9 Å². The molecular formula is C17H21N5. The maximum absolute atomic E-state index is 7.03. The molecule has 1 aromatic carbocycles. The second kappa shape index (κ2) is 4.38. The van der Waals surface area contributed by atoms with E-state index in [1.165, 1.54) is 32.1 Å². The fourth-order valence-electron chi connectivity index (χ4n) is 5.53. The van der Waals surface area contributed by atoms with E-state index in [2.05, 4.69) is 15.5 Å². The standard InChI is InChI=1S/C17H21N5/c18-17(13-7-11-6-12(9-13)10-14(17)8-11)16-19-20-21-22(16)15-4-2-1-3-5-15/h1-5,11-14H,6-10,18H2. The van der Waals surface area contributed by atoms with Crippen LogP contribution >= 0.6 is 0 Å². The smallest absolute Gasteiger partial charge is 0.177 e. The molecule has 22 heavy (non-hydrogen) atoms. The highest BCUT2D eigenvalue weighted by Crippen LogP contribution is 2.60. The first-order chi connectivity index (χ1) is 10.7. The van der Waals surface area contributed by atoms with Crippen molar-refractivity contribution in [1.29, 1.82) is 0 Å². The SMILES string of the molecule is NC1(c2nnnn2-c2ccccc2)C2CC3CC(C2)CC1C3. The summed E-state index contributed by atoms with van der Waals surface area (Å²) >= 11 is 0. The number of hydrogen-bond acceptors (Lipinski definition) is 4. The van der Waals surface area contributed by atoms with Gasteiger partial charge in [-0.3, -0.25) is 0 Å². The van der Waals surface area contributed by atoms with E-state index in [-0.39, 0.29) is 5.54 Å². The van der Waals surface area contributed by atoms with Crippen LogP contribution in [0.4, 0.5) is 0 Å². The highest BCUT2D eigenvalue weighted by atomic mass is 15.6. The lowest BCUT2D eigenvalue weighted by Gasteiger charge is -2.58. The Kier molecular flexibility index (Phi) is 2.54. The second-order valence-corrected chi connectivity index (χ2v) is 7.49. The van der Waals surface area contributed by atoms with Gasteiger partial charge in [0.05, 0.1) is 11.2 Å². The van der Waals surface area contributed by atoms with E-state index in [0.717, 1.165) is 23.3 Å². The molecule has 5 heteroatoms. The van der Waals surface area contributed by atoms with Crippen molar-refractivity contribution in [2.24, 2.45) is 29.4 Å². The van der Waals surface area contributed by atoms with E-state index in [1.54, 1.807) is 0 Å². The van der Waals surface area contributed by atoms with E-state index < -0.39 is 0 Å². The average Bonchev–Trinajstić information content (AvgIpc) is 3.03. The van der Waals surface area contributed by atoms with Crippen LogP contribution in [0, 0.1) is 23.7 Å². The van der Waals surface area contributed by atoms with Crippen molar-refractivity contribution in [2.45, 2.75) is 37.6 Å². The Bertz CT molecular complexity index is 664. The lowest BCUT2D eigenvalue weighted by molar-refractivity contribution is -0.0633. The highest BCUT2D eigenvalue weighted by Gasteiger charge is 2.58. The van der Waals surface area contributed by atoms with Crippen LogP contribution in [0.25, 0.3) is 5.69 Å². The molecule has 0 aliphatic heterocycles. The van der Waals surface area contributed by atoms with Crippen molar-refractivity contribution in [3.63, 3.8) is 0 Å². The summed E-state index contributed by atoms with van der Waals surface area (Å²) in [6, 6.07) is 10.1. The molecule has 4 aliphatic carbocycles. The van der Waals surface area contributed by atoms with Crippen molar-refractivity contribution in [2.75, 3.05) is 0 Å². The normalized spacial score (nSPS) is 39.3. The van der Waals surface area contributed by atoms with Gasteiger partial charge in [0.2, 0.25) is 0 Å². The van der Waals surface area contributed by atoms with Gasteiger partial charge in [-0.2, -0.15) is 4.68 Å². The maximum Gasteiger partial charge on any atom is 0.177 e. The lowest BCUT2D eigenvalue weighted by atomic mass is 9.48. The van der Waals surface area contributed by atoms with E-state index in [0.29, 0.717) is 11.8 Å². The molecule has 5 nitrogen and oxygen atoms in total. The zero-order valence-electron chi connectivity index (χ0n) is 12.6. The van der Waals surface area contributed by atoms with E-state index >= 15 is 0 Å². The molecule has 1 heterocycles. The fourth-order valence-corrected chi connectivity index (χ4v) is 5.53. The second-order valence-electron chi connectivity index (χ2n) is 7.49. The van der Waals surface area contributed by atoms with Crippen molar-refractivity contribution >= 4 is 0 Å². The van der Waals surface area contributed by atoms with Crippen molar-refractivity contribution < 1.29 is 0 Å². The van der Waals surface area contributed by atoms with Crippen molar-refractivity contribution in [1.82, 2.24) is 20.2 Å². The van der Waals surface area contributed by atoms with Gasteiger partial charge in [-0.1, -0.05) is 18.2 Å². The zero-order valence-corrected chi connectivity index (χ0v) is 12.6. The van der Waals surface area contributed by atoms with E-state index in [1.807, 2.05) is 35.0 Å². The largest absolute Gasteiger partial charge is 0.318 e. The number of hydrogen-bond donors (Lipinski definition) is 1. The van der Waals surface area contributed by atoms with Gasteiger partial charge in [0.1, 0.15) is 0 Å². The Balaban J connectivity index is 1.62. The molecule has 2 aromatic rings. The fraction of sp³-hybridized carbons (Fsp3) is 0.588. The molecule has 114 valence electrons.